The summed E-state index contributed by atoms with van der Waals surface area (Å²) in [4.78, 5) is 23.9. The van der Waals surface area contributed by atoms with Crippen molar-refractivity contribution in [3.63, 3.8) is 0 Å². The summed E-state index contributed by atoms with van der Waals surface area (Å²) in [5.41, 5.74) is 2.55. The highest BCUT2D eigenvalue weighted by atomic mass is 16.5. The smallest absolute Gasteiger partial charge is 0.337 e. The van der Waals surface area contributed by atoms with Crippen molar-refractivity contribution >= 4 is 23.3 Å². The number of aryl methyl sites for hydroxylation is 1. The molecule has 2 N–H and O–H groups in total. The average Bonchev–Trinajstić information content (AvgIpc) is 2.66. The van der Waals surface area contributed by atoms with Crippen LogP contribution in [0, 0.1) is 6.92 Å². The van der Waals surface area contributed by atoms with Crippen LogP contribution < -0.4 is 20.1 Å². The van der Waals surface area contributed by atoms with Gasteiger partial charge in [0, 0.05) is 11.8 Å². The van der Waals surface area contributed by atoms with Crippen molar-refractivity contribution in [1.82, 2.24) is 0 Å². The molecule has 0 atom stereocenters. The van der Waals surface area contributed by atoms with Gasteiger partial charge in [0.1, 0.15) is 11.5 Å². The lowest BCUT2D eigenvalue weighted by atomic mass is 10.1. The summed E-state index contributed by atoms with van der Waals surface area (Å²) in [6.45, 7) is 1.91. The van der Waals surface area contributed by atoms with E-state index in [1.165, 1.54) is 14.2 Å². The Hall–Kier alpha value is -3.22. The molecular weight excluding hydrogens is 336 g/mol. The van der Waals surface area contributed by atoms with E-state index in [4.69, 9.17) is 14.2 Å². The monoisotopic (exact) mass is 358 g/mol. The van der Waals surface area contributed by atoms with Gasteiger partial charge in [-0.2, -0.15) is 0 Å². The van der Waals surface area contributed by atoms with Gasteiger partial charge in [0.15, 0.2) is 0 Å². The fraction of sp³-hybridized carbons (Fsp3) is 0.263. The van der Waals surface area contributed by atoms with Gasteiger partial charge in [0.2, 0.25) is 5.91 Å². The number of ether oxygens (including phenoxy) is 3. The molecule has 2 aromatic rings. The van der Waals surface area contributed by atoms with Crippen LogP contribution in [0.5, 0.6) is 11.5 Å². The van der Waals surface area contributed by atoms with E-state index in [9.17, 15) is 9.59 Å². The molecule has 0 fully saturated rings. The summed E-state index contributed by atoms with van der Waals surface area (Å²) in [7, 11) is 4.40. The Morgan fingerprint density at radius 3 is 2.38 bits per heavy atom. The van der Waals surface area contributed by atoms with Crippen molar-refractivity contribution in [2.75, 3.05) is 38.5 Å². The lowest BCUT2D eigenvalue weighted by Crippen LogP contribution is -2.22. The van der Waals surface area contributed by atoms with Gasteiger partial charge in [-0.15, -0.1) is 0 Å². The summed E-state index contributed by atoms with van der Waals surface area (Å²) < 4.78 is 15.1. The van der Waals surface area contributed by atoms with E-state index >= 15 is 0 Å². The summed E-state index contributed by atoms with van der Waals surface area (Å²) in [5.74, 6) is 0.451. The number of benzene rings is 2. The second-order valence-corrected chi connectivity index (χ2v) is 5.49. The second-order valence-electron chi connectivity index (χ2n) is 5.49. The third kappa shape index (κ3) is 4.66. The number of nitrogens with one attached hydrogen (secondary N) is 2. The first-order valence-electron chi connectivity index (χ1n) is 7.93. The van der Waals surface area contributed by atoms with E-state index < -0.39 is 5.97 Å². The van der Waals surface area contributed by atoms with Crippen LogP contribution in [0.1, 0.15) is 15.9 Å². The molecular formula is C19H22N2O5. The number of methoxy groups -OCH3 is 3. The SMILES string of the molecule is COC(=O)c1ccc(C)c(NCC(=O)Nc2ccc(OC)cc2OC)c1. The van der Waals surface area contributed by atoms with Gasteiger partial charge >= 0.3 is 5.97 Å². The zero-order valence-electron chi connectivity index (χ0n) is 15.2. The van der Waals surface area contributed by atoms with Gasteiger partial charge in [-0.1, -0.05) is 6.07 Å². The van der Waals surface area contributed by atoms with Crippen molar-refractivity contribution in [2.45, 2.75) is 6.92 Å². The molecule has 2 rings (SSSR count). The molecule has 0 heterocycles. The standard InChI is InChI=1S/C19H22N2O5/c1-12-5-6-13(19(23)26-4)9-16(12)20-11-18(22)21-15-8-7-14(24-2)10-17(15)25-3/h5-10,20H,11H2,1-4H3,(H,21,22). The number of carbonyl (C=O) groups excluding carboxylic acids is 2. The van der Waals surface area contributed by atoms with Crippen LogP contribution in [0.2, 0.25) is 0 Å². The van der Waals surface area contributed by atoms with Crippen molar-refractivity contribution in [3.8, 4) is 11.5 Å². The molecule has 0 aromatic heterocycles. The highest BCUT2D eigenvalue weighted by molar-refractivity contribution is 5.96. The number of esters is 1. The predicted octanol–water partition coefficient (Wildman–Crippen LogP) is 2.85. The Morgan fingerprint density at radius 2 is 1.73 bits per heavy atom. The largest absolute Gasteiger partial charge is 0.497 e. The maximum absolute atomic E-state index is 12.2. The second kappa shape index (κ2) is 8.75. The average molecular weight is 358 g/mol. The van der Waals surface area contributed by atoms with E-state index in [0.29, 0.717) is 28.4 Å². The van der Waals surface area contributed by atoms with Crippen LogP contribution in [0.25, 0.3) is 0 Å². The number of rotatable bonds is 7. The van der Waals surface area contributed by atoms with Crippen LogP contribution in [0.4, 0.5) is 11.4 Å². The number of hydrogen-bond acceptors (Lipinski definition) is 6. The fourth-order valence-electron chi connectivity index (χ4n) is 2.33. The van der Waals surface area contributed by atoms with Crippen molar-refractivity contribution < 1.29 is 23.8 Å². The quantitative estimate of drug-likeness (QED) is 0.740. The third-order valence-corrected chi connectivity index (χ3v) is 3.78. The Balaban J connectivity index is 2.04. The zero-order valence-corrected chi connectivity index (χ0v) is 15.2. The molecule has 26 heavy (non-hydrogen) atoms. The van der Waals surface area contributed by atoms with Gasteiger partial charge in [-0.05, 0) is 36.8 Å². The molecule has 7 heteroatoms. The van der Waals surface area contributed by atoms with Crippen LogP contribution in [0.15, 0.2) is 36.4 Å². The van der Waals surface area contributed by atoms with Crippen LogP contribution in [-0.4, -0.2) is 39.8 Å². The van der Waals surface area contributed by atoms with E-state index in [0.717, 1.165) is 5.56 Å². The van der Waals surface area contributed by atoms with Gasteiger partial charge < -0.3 is 24.8 Å². The molecule has 0 bridgehead atoms. The summed E-state index contributed by atoms with van der Waals surface area (Å²) in [6, 6.07) is 10.2. The highest BCUT2D eigenvalue weighted by Gasteiger charge is 2.11. The minimum Gasteiger partial charge on any atom is -0.497 e. The molecule has 1 amide bonds. The molecule has 0 saturated heterocycles. The molecule has 0 spiro atoms. The van der Waals surface area contributed by atoms with Crippen molar-refractivity contribution in [2.24, 2.45) is 0 Å². The maximum Gasteiger partial charge on any atom is 0.337 e. The molecule has 0 radical (unpaired) electrons. The lowest BCUT2D eigenvalue weighted by molar-refractivity contribution is -0.114. The minimum atomic E-state index is -0.430. The van der Waals surface area contributed by atoms with E-state index in [2.05, 4.69) is 10.6 Å². The Kier molecular flexibility index (Phi) is 6.43. The summed E-state index contributed by atoms with van der Waals surface area (Å²) in [5, 5.41) is 5.80. The number of amides is 1. The Bertz CT molecular complexity index is 805. The van der Waals surface area contributed by atoms with E-state index in [1.807, 2.05) is 6.92 Å². The van der Waals surface area contributed by atoms with Crippen LogP contribution in [0.3, 0.4) is 0 Å². The first-order chi connectivity index (χ1) is 12.5. The van der Waals surface area contributed by atoms with Gasteiger partial charge in [0.25, 0.3) is 0 Å². The molecule has 0 aliphatic heterocycles. The molecule has 0 saturated carbocycles. The van der Waals surface area contributed by atoms with Gasteiger partial charge in [0.05, 0.1) is 39.1 Å². The topological polar surface area (TPSA) is 85.9 Å². The summed E-state index contributed by atoms with van der Waals surface area (Å²) in [6.07, 6.45) is 0. The fourth-order valence-corrected chi connectivity index (χ4v) is 2.33. The minimum absolute atomic E-state index is 0.0284. The molecule has 2 aromatic carbocycles. The first kappa shape index (κ1) is 19.1. The van der Waals surface area contributed by atoms with E-state index in [-0.39, 0.29) is 12.5 Å². The van der Waals surface area contributed by atoms with Crippen molar-refractivity contribution in [1.29, 1.82) is 0 Å². The molecule has 138 valence electrons. The predicted molar refractivity (Wildman–Crippen MR) is 99.2 cm³/mol. The normalized spacial score (nSPS) is 10.0. The summed E-state index contributed by atoms with van der Waals surface area (Å²) >= 11 is 0. The Labute approximate surface area is 152 Å². The number of carbonyl (C=O) groups is 2. The number of anilines is 2. The first-order valence-corrected chi connectivity index (χ1v) is 7.93. The van der Waals surface area contributed by atoms with Crippen LogP contribution >= 0.6 is 0 Å². The molecule has 0 unspecified atom stereocenters. The highest BCUT2D eigenvalue weighted by Crippen LogP contribution is 2.29. The Morgan fingerprint density at radius 1 is 0.962 bits per heavy atom. The van der Waals surface area contributed by atoms with Crippen molar-refractivity contribution in [3.05, 3.63) is 47.5 Å². The van der Waals surface area contributed by atoms with Crippen LogP contribution in [-0.2, 0) is 9.53 Å². The molecule has 0 aliphatic carbocycles. The lowest BCUT2D eigenvalue weighted by Gasteiger charge is -2.13. The van der Waals surface area contributed by atoms with Gasteiger partial charge in [-0.25, -0.2) is 4.79 Å². The third-order valence-electron chi connectivity index (χ3n) is 3.78. The maximum atomic E-state index is 12.2. The molecule has 0 aliphatic rings. The van der Waals surface area contributed by atoms with Gasteiger partial charge in [-0.3, -0.25) is 4.79 Å². The number of hydrogen-bond donors (Lipinski definition) is 2. The zero-order chi connectivity index (χ0) is 19.1. The van der Waals surface area contributed by atoms with E-state index in [1.54, 1.807) is 43.5 Å². The molecule has 7 nitrogen and oxygen atoms in total.